The summed E-state index contributed by atoms with van der Waals surface area (Å²) in [5.41, 5.74) is 0.746. The maximum absolute atomic E-state index is 11.4. The van der Waals surface area contributed by atoms with Gasteiger partial charge in [-0.2, -0.15) is 0 Å². The number of hydrogen-bond acceptors (Lipinski definition) is 1. The molecular weight excluding hydrogens is 186 g/mol. The average Bonchev–Trinajstić information content (AvgIpc) is 2.21. The van der Waals surface area contributed by atoms with Crippen LogP contribution in [0.4, 0.5) is 0 Å². The molecule has 0 bridgehead atoms. The SMILES string of the molecule is C=C(CCCCCCCC)C(=O)N(C)C. The minimum atomic E-state index is 0.0727. The Labute approximate surface area is 94.4 Å². The van der Waals surface area contributed by atoms with Crippen molar-refractivity contribution in [3.05, 3.63) is 12.2 Å². The maximum Gasteiger partial charge on any atom is 0.248 e. The molecule has 2 heteroatoms. The van der Waals surface area contributed by atoms with Crippen LogP contribution in [-0.2, 0) is 4.79 Å². The van der Waals surface area contributed by atoms with E-state index in [1.807, 2.05) is 0 Å². The Hall–Kier alpha value is -0.790. The Balaban J connectivity index is 3.43. The van der Waals surface area contributed by atoms with Gasteiger partial charge in [-0.05, 0) is 12.8 Å². The van der Waals surface area contributed by atoms with Crippen LogP contribution >= 0.6 is 0 Å². The molecule has 0 aliphatic rings. The Morgan fingerprint density at radius 3 is 2.13 bits per heavy atom. The number of carbonyl (C=O) groups is 1. The van der Waals surface area contributed by atoms with Gasteiger partial charge in [0.2, 0.25) is 5.91 Å². The summed E-state index contributed by atoms with van der Waals surface area (Å²) in [6, 6.07) is 0. The number of amides is 1. The molecule has 15 heavy (non-hydrogen) atoms. The Morgan fingerprint density at radius 2 is 1.60 bits per heavy atom. The third kappa shape index (κ3) is 7.18. The molecule has 0 aromatic rings. The fourth-order valence-electron chi connectivity index (χ4n) is 1.54. The second-order valence-corrected chi connectivity index (χ2v) is 4.32. The Morgan fingerprint density at radius 1 is 1.07 bits per heavy atom. The quantitative estimate of drug-likeness (QED) is 0.445. The van der Waals surface area contributed by atoms with Gasteiger partial charge in [0, 0.05) is 19.7 Å². The first-order chi connectivity index (χ1) is 7.09. The van der Waals surface area contributed by atoms with E-state index < -0.39 is 0 Å². The molecular formula is C13H25NO. The Bertz CT molecular complexity index is 197. The summed E-state index contributed by atoms with van der Waals surface area (Å²) in [7, 11) is 3.55. The van der Waals surface area contributed by atoms with Crippen molar-refractivity contribution in [1.82, 2.24) is 4.90 Å². The largest absolute Gasteiger partial charge is 0.345 e. The van der Waals surface area contributed by atoms with Crippen molar-refractivity contribution in [2.24, 2.45) is 0 Å². The molecule has 0 spiro atoms. The lowest BCUT2D eigenvalue weighted by Crippen LogP contribution is -2.22. The summed E-state index contributed by atoms with van der Waals surface area (Å²) in [6.07, 6.45) is 8.40. The Kier molecular flexibility index (Phi) is 8.06. The van der Waals surface area contributed by atoms with Crippen LogP contribution in [-0.4, -0.2) is 24.9 Å². The van der Waals surface area contributed by atoms with Gasteiger partial charge in [-0.1, -0.05) is 45.6 Å². The molecule has 0 atom stereocenters. The third-order valence-electron chi connectivity index (χ3n) is 2.54. The van der Waals surface area contributed by atoms with Crippen molar-refractivity contribution in [2.75, 3.05) is 14.1 Å². The molecule has 0 unspecified atom stereocenters. The third-order valence-corrected chi connectivity index (χ3v) is 2.54. The normalized spacial score (nSPS) is 10.1. The van der Waals surface area contributed by atoms with Gasteiger partial charge in [0.05, 0.1) is 0 Å². The topological polar surface area (TPSA) is 20.3 Å². The van der Waals surface area contributed by atoms with E-state index in [0.717, 1.165) is 18.4 Å². The number of carbonyl (C=O) groups excluding carboxylic acids is 1. The van der Waals surface area contributed by atoms with Crippen LogP contribution < -0.4 is 0 Å². The zero-order chi connectivity index (χ0) is 11.7. The van der Waals surface area contributed by atoms with Crippen LogP contribution in [0.2, 0.25) is 0 Å². The van der Waals surface area contributed by atoms with E-state index in [0.29, 0.717) is 0 Å². The zero-order valence-corrected chi connectivity index (χ0v) is 10.5. The van der Waals surface area contributed by atoms with Crippen molar-refractivity contribution in [3.63, 3.8) is 0 Å². The molecule has 0 aliphatic carbocycles. The molecule has 0 rings (SSSR count). The summed E-state index contributed by atoms with van der Waals surface area (Å²) >= 11 is 0. The molecule has 0 saturated heterocycles. The van der Waals surface area contributed by atoms with E-state index in [1.165, 1.54) is 32.1 Å². The van der Waals surface area contributed by atoms with Gasteiger partial charge in [0.15, 0.2) is 0 Å². The van der Waals surface area contributed by atoms with Crippen LogP contribution in [0.1, 0.15) is 51.9 Å². The van der Waals surface area contributed by atoms with Gasteiger partial charge in [-0.3, -0.25) is 4.79 Å². The van der Waals surface area contributed by atoms with Crippen LogP contribution in [0.25, 0.3) is 0 Å². The second-order valence-electron chi connectivity index (χ2n) is 4.32. The fraction of sp³-hybridized carbons (Fsp3) is 0.769. The minimum absolute atomic E-state index is 0.0727. The average molecular weight is 211 g/mol. The van der Waals surface area contributed by atoms with Crippen LogP contribution in [0.5, 0.6) is 0 Å². The van der Waals surface area contributed by atoms with Crippen LogP contribution in [0.3, 0.4) is 0 Å². The standard InChI is InChI=1S/C13H25NO/c1-5-6-7-8-9-10-11-12(2)13(15)14(3)4/h2,5-11H2,1,3-4H3. The molecule has 0 aromatic heterocycles. The van der Waals surface area contributed by atoms with Crippen LogP contribution in [0.15, 0.2) is 12.2 Å². The van der Waals surface area contributed by atoms with Gasteiger partial charge in [0.1, 0.15) is 0 Å². The van der Waals surface area contributed by atoms with Gasteiger partial charge in [-0.25, -0.2) is 0 Å². The number of likely N-dealkylation sites (N-methyl/N-ethyl adjacent to an activating group) is 1. The first-order valence-corrected chi connectivity index (χ1v) is 5.99. The first-order valence-electron chi connectivity index (χ1n) is 5.99. The van der Waals surface area contributed by atoms with Crippen LogP contribution in [0, 0.1) is 0 Å². The van der Waals surface area contributed by atoms with Crippen molar-refractivity contribution in [3.8, 4) is 0 Å². The van der Waals surface area contributed by atoms with E-state index in [9.17, 15) is 4.79 Å². The monoisotopic (exact) mass is 211 g/mol. The minimum Gasteiger partial charge on any atom is -0.345 e. The summed E-state index contributed by atoms with van der Waals surface area (Å²) in [4.78, 5) is 13.0. The highest BCUT2D eigenvalue weighted by Gasteiger charge is 2.07. The summed E-state index contributed by atoms with van der Waals surface area (Å²) in [6.45, 7) is 6.04. The zero-order valence-electron chi connectivity index (χ0n) is 10.5. The highest BCUT2D eigenvalue weighted by atomic mass is 16.2. The lowest BCUT2D eigenvalue weighted by atomic mass is 10.1. The van der Waals surface area contributed by atoms with E-state index in [1.54, 1.807) is 19.0 Å². The van der Waals surface area contributed by atoms with E-state index in [2.05, 4.69) is 13.5 Å². The van der Waals surface area contributed by atoms with Crippen molar-refractivity contribution >= 4 is 5.91 Å². The molecule has 0 aliphatic heterocycles. The van der Waals surface area contributed by atoms with E-state index in [4.69, 9.17) is 0 Å². The summed E-state index contributed by atoms with van der Waals surface area (Å²) in [5.74, 6) is 0.0727. The molecule has 1 amide bonds. The van der Waals surface area contributed by atoms with E-state index >= 15 is 0 Å². The molecule has 0 N–H and O–H groups in total. The van der Waals surface area contributed by atoms with Gasteiger partial charge in [0.25, 0.3) is 0 Å². The second kappa shape index (κ2) is 8.51. The molecule has 2 nitrogen and oxygen atoms in total. The lowest BCUT2D eigenvalue weighted by molar-refractivity contribution is -0.124. The van der Waals surface area contributed by atoms with E-state index in [-0.39, 0.29) is 5.91 Å². The molecule has 0 heterocycles. The van der Waals surface area contributed by atoms with Gasteiger partial charge in [-0.15, -0.1) is 0 Å². The molecule has 0 saturated carbocycles. The smallest absolute Gasteiger partial charge is 0.248 e. The maximum atomic E-state index is 11.4. The molecule has 88 valence electrons. The highest BCUT2D eigenvalue weighted by molar-refractivity contribution is 5.92. The lowest BCUT2D eigenvalue weighted by Gasteiger charge is -2.11. The predicted molar refractivity (Wildman–Crippen MR) is 65.8 cm³/mol. The van der Waals surface area contributed by atoms with Gasteiger partial charge < -0.3 is 4.90 Å². The van der Waals surface area contributed by atoms with Crippen molar-refractivity contribution < 1.29 is 4.79 Å². The predicted octanol–water partition coefficient (Wildman–Crippen LogP) is 3.38. The molecule has 0 radical (unpaired) electrons. The number of unbranched alkanes of at least 4 members (excludes halogenated alkanes) is 5. The van der Waals surface area contributed by atoms with Gasteiger partial charge >= 0.3 is 0 Å². The first kappa shape index (κ1) is 14.2. The number of nitrogens with zero attached hydrogens (tertiary/aromatic N) is 1. The summed E-state index contributed by atoms with van der Waals surface area (Å²) in [5, 5.41) is 0. The molecule has 0 fully saturated rings. The molecule has 0 aromatic carbocycles. The number of rotatable bonds is 8. The van der Waals surface area contributed by atoms with Crippen molar-refractivity contribution in [2.45, 2.75) is 51.9 Å². The van der Waals surface area contributed by atoms with Crippen molar-refractivity contribution in [1.29, 1.82) is 0 Å². The highest BCUT2D eigenvalue weighted by Crippen LogP contribution is 2.11. The number of hydrogen-bond donors (Lipinski definition) is 0. The fourth-order valence-corrected chi connectivity index (χ4v) is 1.54. The summed E-state index contributed by atoms with van der Waals surface area (Å²) < 4.78 is 0.